The van der Waals surface area contributed by atoms with Gasteiger partial charge < -0.3 is 5.11 Å². The zero-order valence-corrected chi connectivity index (χ0v) is 12.6. The third-order valence-electron chi connectivity index (χ3n) is 2.64. The lowest BCUT2D eigenvalue weighted by atomic mass is 10.0. The summed E-state index contributed by atoms with van der Waals surface area (Å²) >= 11 is 6.77. The van der Waals surface area contributed by atoms with Crippen LogP contribution in [0.4, 0.5) is 4.39 Å². The van der Waals surface area contributed by atoms with E-state index in [0.717, 1.165) is 20.1 Å². The zero-order valence-electron chi connectivity index (χ0n) is 9.41. The predicted octanol–water partition coefficient (Wildman–Crippen LogP) is 4.63. The largest absolute Gasteiger partial charge is 0.388 e. The van der Waals surface area contributed by atoms with E-state index in [1.165, 1.54) is 12.1 Å². The van der Waals surface area contributed by atoms with Crippen LogP contribution in [0, 0.1) is 5.82 Å². The fourth-order valence-corrected chi connectivity index (χ4v) is 2.66. The summed E-state index contributed by atoms with van der Waals surface area (Å²) in [5.74, 6) is -0.284. The van der Waals surface area contributed by atoms with Crippen molar-refractivity contribution >= 4 is 31.9 Å². The molecule has 4 heteroatoms. The van der Waals surface area contributed by atoms with E-state index in [1.54, 1.807) is 12.1 Å². The van der Waals surface area contributed by atoms with E-state index in [4.69, 9.17) is 0 Å². The van der Waals surface area contributed by atoms with E-state index in [-0.39, 0.29) is 5.82 Å². The molecule has 0 aromatic heterocycles. The minimum atomic E-state index is -0.668. The Kier molecular flexibility index (Phi) is 4.54. The first-order valence-electron chi connectivity index (χ1n) is 5.44. The van der Waals surface area contributed by atoms with E-state index in [1.807, 2.05) is 18.2 Å². The third kappa shape index (κ3) is 3.40. The molecule has 0 saturated heterocycles. The smallest absolute Gasteiger partial charge is 0.123 e. The number of aliphatic hydroxyl groups is 1. The highest BCUT2D eigenvalue weighted by Crippen LogP contribution is 2.29. The molecule has 0 bridgehead atoms. The first kappa shape index (κ1) is 13.7. The summed E-state index contributed by atoms with van der Waals surface area (Å²) in [6.45, 7) is 0. The average Bonchev–Trinajstić information content (AvgIpc) is 2.32. The molecule has 2 aromatic rings. The summed E-state index contributed by atoms with van der Waals surface area (Å²) < 4.78 is 14.8. The Labute approximate surface area is 122 Å². The van der Waals surface area contributed by atoms with Gasteiger partial charge in [-0.2, -0.15) is 0 Å². The van der Waals surface area contributed by atoms with Crippen LogP contribution in [0.25, 0.3) is 0 Å². The van der Waals surface area contributed by atoms with Crippen molar-refractivity contribution < 1.29 is 9.50 Å². The fourth-order valence-electron chi connectivity index (χ4n) is 1.77. The van der Waals surface area contributed by atoms with E-state index in [0.29, 0.717) is 6.42 Å². The summed E-state index contributed by atoms with van der Waals surface area (Å²) in [6, 6.07) is 11.9. The van der Waals surface area contributed by atoms with Crippen molar-refractivity contribution in [1.82, 2.24) is 0 Å². The molecular formula is C14H11Br2FO. The summed E-state index contributed by atoms with van der Waals surface area (Å²) in [5, 5.41) is 10.2. The summed E-state index contributed by atoms with van der Waals surface area (Å²) in [4.78, 5) is 0. The fraction of sp³-hybridized carbons (Fsp3) is 0.143. The number of hydrogen-bond donors (Lipinski definition) is 1. The number of rotatable bonds is 3. The average molecular weight is 374 g/mol. The van der Waals surface area contributed by atoms with Gasteiger partial charge >= 0.3 is 0 Å². The van der Waals surface area contributed by atoms with Crippen LogP contribution in [0.1, 0.15) is 17.2 Å². The van der Waals surface area contributed by atoms with Gasteiger partial charge in [0, 0.05) is 15.4 Å². The maximum Gasteiger partial charge on any atom is 0.123 e. The van der Waals surface area contributed by atoms with E-state index >= 15 is 0 Å². The molecule has 94 valence electrons. The van der Waals surface area contributed by atoms with Crippen LogP contribution < -0.4 is 0 Å². The van der Waals surface area contributed by atoms with E-state index < -0.39 is 6.10 Å². The van der Waals surface area contributed by atoms with Crippen LogP contribution in [0.15, 0.2) is 51.4 Å². The molecule has 0 saturated carbocycles. The molecule has 2 rings (SSSR count). The Hall–Kier alpha value is -0.710. The van der Waals surface area contributed by atoms with Gasteiger partial charge in [-0.3, -0.25) is 0 Å². The quantitative estimate of drug-likeness (QED) is 0.831. The molecule has 0 aliphatic rings. The molecule has 0 amide bonds. The van der Waals surface area contributed by atoms with Crippen molar-refractivity contribution in [3.05, 3.63) is 68.4 Å². The maximum absolute atomic E-state index is 13.1. The topological polar surface area (TPSA) is 20.2 Å². The molecule has 1 atom stereocenters. The number of halogens is 3. The Morgan fingerprint density at radius 2 is 1.89 bits per heavy atom. The van der Waals surface area contributed by atoms with Gasteiger partial charge in [0.2, 0.25) is 0 Å². The normalized spacial score (nSPS) is 12.4. The van der Waals surface area contributed by atoms with Crippen molar-refractivity contribution in [2.45, 2.75) is 12.5 Å². The lowest BCUT2D eigenvalue weighted by Crippen LogP contribution is -2.03. The molecule has 0 radical (unpaired) electrons. The molecule has 1 unspecified atom stereocenters. The van der Waals surface area contributed by atoms with E-state index in [2.05, 4.69) is 31.9 Å². The third-order valence-corrected chi connectivity index (χ3v) is 3.85. The van der Waals surface area contributed by atoms with Gasteiger partial charge in [0.25, 0.3) is 0 Å². The Morgan fingerprint density at radius 3 is 2.61 bits per heavy atom. The molecule has 0 aliphatic carbocycles. The van der Waals surface area contributed by atoms with Gasteiger partial charge in [-0.15, -0.1) is 0 Å². The molecular weight excluding hydrogens is 363 g/mol. The summed E-state index contributed by atoms with van der Waals surface area (Å²) in [5.41, 5.74) is 1.56. The van der Waals surface area contributed by atoms with Crippen LogP contribution >= 0.6 is 31.9 Å². The van der Waals surface area contributed by atoms with Crippen LogP contribution in [0.5, 0.6) is 0 Å². The highest BCUT2D eigenvalue weighted by Gasteiger charge is 2.12. The lowest BCUT2D eigenvalue weighted by Gasteiger charge is -2.13. The van der Waals surface area contributed by atoms with Gasteiger partial charge in [-0.25, -0.2) is 4.39 Å². The number of benzene rings is 2. The second kappa shape index (κ2) is 5.95. The Balaban J connectivity index is 2.21. The molecule has 1 N–H and O–H groups in total. The SMILES string of the molecule is OC(Cc1cccc(F)c1)c1cc(Br)ccc1Br. The van der Waals surface area contributed by atoms with Crippen molar-refractivity contribution in [3.8, 4) is 0 Å². The molecule has 0 heterocycles. The summed E-state index contributed by atoms with van der Waals surface area (Å²) in [6.07, 6.45) is -0.286. The first-order chi connectivity index (χ1) is 8.56. The predicted molar refractivity (Wildman–Crippen MR) is 76.9 cm³/mol. The van der Waals surface area contributed by atoms with Gasteiger partial charge in [-0.05, 0) is 41.5 Å². The van der Waals surface area contributed by atoms with Crippen LogP contribution in [-0.2, 0) is 6.42 Å². The zero-order chi connectivity index (χ0) is 13.1. The van der Waals surface area contributed by atoms with Gasteiger partial charge in [0.05, 0.1) is 6.10 Å². The van der Waals surface area contributed by atoms with Crippen molar-refractivity contribution in [2.24, 2.45) is 0 Å². The Bertz CT molecular complexity index is 557. The first-order valence-corrected chi connectivity index (χ1v) is 7.02. The minimum absolute atomic E-state index is 0.284. The molecule has 18 heavy (non-hydrogen) atoms. The molecule has 0 spiro atoms. The molecule has 0 fully saturated rings. The maximum atomic E-state index is 13.1. The van der Waals surface area contributed by atoms with Crippen LogP contribution in [0.3, 0.4) is 0 Å². The van der Waals surface area contributed by atoms with Crippen molar-refractivity contribution in [3.63, 3.8) is 0 Å². The second-order valence-electron chi connectivity index (χ2n) is 4.02. The van der Waals surface area contributed by atoms with Crippen LogP contribution in [-0.4, -0.2) is 5.11 Å². The van der Waals surface area contributed by atoms with Gasteiger partial charge in [0.15, 0.2) is 0 Å². The second-order valence-corrected chi connectivity index (χ2v) is 5.79. The molecule has 2 aromatic carbocycles. The van der Waals surface area contributed by atoms with Gasteiger partial charge in [-0.1, -0.05) is 44.0 Å². The van der Waals surface area contributed by atoms with Gasteiger partial charge in [0.1, 0.15) is 5.82 Å². The van der Waals surface area contributed by atoms with Crippen molar-refractivity contribution in [2.75, 3.05) is 0 Å². The standard InChI is InChI=1S/C14H11Br2FO/c15-10-4-5-13(16)12(8-10)14(18)7-9-2-1-3-11(17)6-9/h1-6,8,14,18H,7H2. The molecule has 1 nitrogen and oxygen atoms in total. The lowest BCUT2D eigenvalue weighted by molar-refractivity contribution is 0.177. The number of aliphatic hydroxyl groups excluding tert-OH is 1. The Morgan fingerprint density at radius 1 is 1.11 bits per heavy atom. The highest BCUT2D eigenvalue weighted by molar-refractivity contribution is 9.11. The minimum Gasteiger partial charge on any atom is -0.388 e. The number of hydrogen-bond acceptors (Lipinski definition) is 1. The molecule has 0 aliphatic heterocycles. The van der Waals surface area contributed by atoms with E-state index in [9.17, 15) is 9.50 Å². The van der Waals surface area contributed by atoms with Crippen molar-refractivity contribution in [1.29, 1.82) is 0 Å². The highest BCUT2D eigenvalue weighted by atomic mass is 79.9. The summed E-state index contributed by atoms with van der Waals surface area (Å²) in [7, 11) is 0. The van der Waals surface area contributed by atoms with Crippen LogP contribution in [0.2, 0.25) is 0 Å². The monoisotopic (exact) mass is 372 g/mol.